The number of fused-ring (bicyclic) bond motifs is 3. The van der Waals surface area contributed by atoms with Crippen molar-refractivity contribution in [1.82, 2.24) is 14.7 Å². The first-order valence-corrected chi connectivity index (χ1v) is 11.6. The number of ether oxygens (including phenoxy) is 1. The molecular weight excluding hydrogens is 448 g/mol. The lowest BCUT2D eigenvalue weighted by Crippen LogP contribution is -2.48. The number of carbonyl (C=O) groups excluding carboxylic acids is 2. The lowest BCUT2D eigenvalue weighted by molar-refractivity contribution is -0.143. The van der Waals surface area contributed by atoms with Gasteiger partial charge in [-0.2, -0.15) is 5.10 Å². The molecule has 1 aliphatic heterocycles. The van der Waals surface area contributed by atoms with Gasteiger partial charge in [0.15, 0.2) is 5.82 Å². The van der Waals surface area contributed by atoms with Crippen LogP contribution in [0.5, 0.6) is 0 Å². The first kappa shape index (κ1) is 22.6. The first-order valence-electron chi connectivity index (χ1n) is 11.6. The molecule has 1 aromatic heterocycles. The zero-order valence-electron chi connectivity index (χ0n) is 19.3. The topological polar surface area (TPSA) is 114 Å². The minimum atomic E-state index is -1.03. The highest BCUT2D eigenvalue weighted by molar-refractivity contribution is 6.03. The number of anilines is 1. The number of aromatic nitrogens is 2. The third kappa shape index (κ3) is 4.25. The molecule has 2 aromatic carbocycles. The quantitative estimate of drug-likeness (QED) is 0.581. The Labute approximate surface area is 202 Å². The van der Waals surface area contributed by atoms with Gasteiger partial charge in [0.2, 0.25) is 0 Å². The van der Waals surface area contributed by atoms with Crippen LogP contribution in [0.1, 0.15) is 46.7 Å². The van der Waals surface area contributed by atoms with Gasteiger partial charge >= 0.3 is 12.1 Å². The molecule has 0 bridgehead atoms. The Balaban J connectivity index is 1.30. The van der Waals surface area contributed by atoms with Crippen molar-refractivity contribution in [2.75, 3.05) is 18.5 Å². The van der Waals surface area contributed by atoms with Gasteiger partial charge in [0.05, 0.1) is 0 Å². The summed E-state index contributed by atoms with van der Waals surface area (Å²) >= 11 is 0. The predicted molar refractivity (Wildman–Crippen MR) is 128 cm³/mol. The molecule has 1 saturated heterocycles. The highest BCUT2D eigenvalue weighted by Gasteiger charge is 2.35. The van der Waals surface area contributed by atoms with Crippen LogP contribution in [0.4, 0.5) is 10.6 Å². The van der Waals surface area contributed by atoms with Gasteiger partial charge in [0, 0.05) is 25.7 Å². The molecule has 0 spiro atoms. The van der Waals surface area contributed by atoms with Crippen molar-refractivity contribution < 1.29 is 24.2 Å². The summed E-state index contributed by atoms with van der Waals surface area (Å²) in [5.74, 6) is -1.56. The fraction of sp³-hybridized carbons (Fsp3) is 0.308. The number of rotatable bonds is 5. The molecule has 35 heavy (non-hydrogen) atoms. The number of carbonyl (C=O) groups is 3. The number of hydrogen-bond acceptors (Lipinski definition) is 5. The number of nitrogens with zero attached hydrogens (tertiary/aromatic N) is 3. The van der Waals surface area contributed by atoms with Crippen molar-refractivity contribution in [2.24, 2.45) is 7.05 Å². The number of nitrogens with one attached hydrogen (secondary N) is 1. The maximum Gasteiger partial charge on any atom is 0.412 e. The second-order valence-corrected chi connectivity index (χ2v) is 8.86. The fourth-order valence-electron chi connectivity index (χ4n) is 5.05. The average molecular weight is 475 g/mol. The monoisotopic (exact) mass is 474 g/mol. The highest BCUT2D eigenvalue weighted by Crippen LogP contribution is 2.44. The van der Waals surface area contributed by atoms with E-state index in [1.807, 2.05) is 36.4 Å². The van der Waals surface area contributed by atoms with E-state index in [2.05, 4.69) is 22.5 Å². The molecule has 9 nitrogen and oxygen atoms in total. The molecule has 2 amide bonds. The second-order valence-electron chi connectivity index (χ2n) is 8.86. The summed E-state index contributed by atoms with van der Waals surface area (Å²) in [4.78, 5) is 38.9. The number of benzene rings is 2. The third-order valence-corrected chi connectivity index (χ3v) is 6.67. The Morgan fingerprint density at radius 2 is 1.71 bits per heavy atom. The Morgan fingerprint density at radius 1 is 1.06 bits per heavy atom. The lowest BCUT2D eigenvalue weighted by Gasteiger charge is -2.32. The smallest absolute Gasteiger partial charge is 0.412 e. The zero-order chi connectivity index (χ0) is 24.5. The zero-order valence-corrected chi connectivity index (χ0v) is 19.3. The Morgan fingerprint density at radius 3 is 2.37 bits per heavy atom. The summed E-state index contributed by atoms with van der Waals surface area (Å²) in [7, 11) is 1.63. The molecule has 2 heterocycles. The number of hydrogen-bond donors (Lipinski definition) is 2. The third-order valence-electron chi connectivity index (χ3n) is 6.67. The van der Waals surface area contributed by atoms with Crippen molar-refractivity contribution >= 4 is 23.8 Å². The van der Waals surface area contributed by atoms with E-state index in [0.717, 1.165) is 35.1 Å². The average Bonchev–Trinajstić information content (AvgIpc) is 3.39. The summed E-state index contributed by atoms with van der Waals surface area (Å²) in [6.07, 6.45) is 2.63. The van der Waals surface area contributed by atoms with E-state index in [9.17, 15) is 19.5 Å². The summed E-state index contributed by atoms with van der Waals surface area (Å²) < 4.78 is 6.98. The Hall–Kier alpha value is -4.14. The minimum absolute atomic E-state index is 0.0458. The van der Waals surface area contributed by atoms with Gasteiger partial charge in [-0.3, -0.25) is 14.8 Å². The minimum Gasteiger partial charge on any atom is -0.480 e. The molecule has 1 atom stereocenters. The van der Waals surface area contributed by atoms with Gasteiger partial charge in [0.25, 0.3) is 5.91 Å². The number of amides is 2. The van der Waals surface area contributed by atoms with Gasteiger partial charge in [-0.05, 0) is 41.5 Å². The van der Waals surface area contributed by atoms with E-state index in [0.29, 0.717) is 13.0 Å². The van der Waals surface area contributed by atoms with Crippen LogP contribution < -0.4 is 5.32 Å². The van der Waals surface area contributed by atoms with E-state index < -0.39 is 24.0 Å². The molecule has 0 radical (unpaired) electrons. The molecule has 3 aromatic rings. The van der Waals surface area contributed by atoms with E-state index in [4.69, 9.17) is 4.74 Å². The number of carboxylic acids is 1. The predicted octanol–water partition coefficient (Wildman–Crippen LogP) is 3.86. The summed E-state index contributed by atoms with van der Waals surface area (Å²) in [6, 6.07) is 15.2. The first-order chi connectivity index (χ1) is 16.9. The van der Waals surface area contributed by atoms with E-state index >= 15 is 0 Å². The molecule has 180 valence electrons. The fourth-order valence-corrected chi connectivity index (χ4v) is 5.05. The molecule has 2 aliphatic rings. The van der Waals surface area contributed by atoms with Crippen LogP contribution in [-0.4, -0.2) is 57.0 Å². The standard InChI is InChI=1S/C26H26N4O5/c1-29-14-20(24(31)30-13-7-6-12-22(30)25(32)33)23(28-29)27-26(34)35-15-21-18-10-4-2-8-16(18)17-9-3-5-11-19(17)21/h2-5,8-11,14,21-22H,6-7,12-13,15H2,1H3,(H,32,33)(H,27,28,34)/t22-/m0/s1. The van der Waals surface area contributed by atoms with E-state index in [1.165, 1.54) is 15.8 Å². The maximum absolute atomic E-state index is 13.2. The molecule has 1 fully saturated rings. The summed E-state index contributed by atoms with van der Waals surface area (Å²) in [5.41, 5.74) is 4.59. The normalized spacial score (nSPS) is 16.9. The molecular formula is C26H26N4O5. The SMILES string of the molecule is Cn1cc(C(=O)N2CCCC[C@H]2C(=O)O)c(NC(=O)OCC2c3ccccc3-c3ccccc32)n1. The van der Waals surface area contributed by atoms with Crippen molar-refractivity contribution in [3.63, 3.8) is 0 Å². The molecule has 2 N–H and O–H groups in total. The number of aliphatic carboxylic acids is 1. The largest absolute Gasteiger partial charge is 0.480 e. The molecule has 1 aliphatic carbocycles. The van der Waals surface area contributed by atoms with Gasteiger partial charge in [0.1, 0.15) is 18.2 Å². The number of carboxylic acid groups (broad SMARTS) is 1. The van der Waals surface area contributed by atoms with Crippen LogP contribution in [0.15, 0.2) is 54.7 Å². The maximum atomic E-state index is 13.2. The van der Waals surface area contributed by atoms with Crippen LogP contribution in [0.3, 0.4) is 0 Å². The van der Waals surface area contributed by atoms with Gasteiger partial charge < -0.3 is 14.7 Å². The molecule has 0 unspecified atom stereocenters. The van der Waals surface area contributed by atoms with Crippen LogP contribution in [0, 0.1) is 0 Å². The van der Waals surface area contributed by atoms with Gasteiger partial charge in [-0.1, -0.05) is 48.5 Å². The van der Waals surface area contributed by atoms with Crippen LogP contribution >= 0.6 is 0 Å². The second kappa shape index (κ2) is 9.25. The Kier molecular flexibility index (Phi) is 5.98. The van der Waals surface area contributed by atoms with Crippen LogP contribution in [-0.2, 0) is 16.6 Å². The Bertz CT molecular complexity index is 1250. The molecule has 9 heteroatoms. The van der Waals surface area contributed by atoms with Crippen LogP contribution in [0.25, 0.3) is 11.1 Å². The van der Waals surface area contributed by atoms with Crippen molar-refractivity contribution in [3.8, 4) is 11.1 Å². The molecule has 0 saturated carbocycles. The van der Waals surface area contributed by atoms with Crippen molar-refractivity contribution in [3.05, 3.63) is 71.4 Å². The van der Waals surface area contributed by atoms with Crippen molar-refractivity contribution in [1.29, 1.82) is 0 Å². The highest BCUT2D eigenvalue weighted by atomic mass is 16.5. The van der Waals surface area contributed by atoms with E-state index in [1.54, 1.807) is 7.05 Å². The summed E-state index contributed by atoms with van der Waals surface area (Å²) in [5, 5.41) is 16.3. The van der Waals surface area contributed by atoms with Gasteiger partial charge in [-0.25, -0.2) is 9.59 Å². The summed E-state index contributed by atoms with van der Waals surface area (Å²) in [6.45, 7) is 0.471. The molecule has 5 rings (SSSR count). The van der Waals surface area contributed by atoms with Crippen molar-refractivity contribution in [2.45, 2.75) is 31.2 Å². The number of aryl methyl sites for hydroxylation is 1. The van der Waals surface area contributed by atoms with E-state index in [-0.39, 0.29) is 23.9 Å². The number of piperidine rings is 1. The lowest BCUT2D eigenvalue weighted by atomic mass is 9.98. The van der Waals surface area contributed by atoms with Gasteiger partial charge in [-0.15, -0.1) is 0 Å². The number of likely N-dealkylation sites (tertiary alicyclic amines) is 1. The van der Waals surface area contributed by atoms with Crippen LogP contribution in [0.2, 0.25) is 0 Å².